The second-order valence-electron chi connectivity index (χ2n) is 6.60. The van der Waals surface area contributed by atoms with Crippen LogP contribution in [0.4, 0.5) is 0 Å². The number of nitrogens with one attached hydrogen (secondary N) is 1. The molecule has 0 spiro atoms. The maximum atomic E-state index is 5.54. The molecule has 1 atom stereocenters. The van der Waals surface area contributed by atoms with Gasteiger partial charge < -0.3 is 19.5 Å². The van der Waals surface area contributed by atoms with Crippen LogP contribution in [0.5, 0.6) is 17.2 Å². The van der Waals surface area contributed by atoms with Crippen molar-refractivity contribution in [3.63, 3.8) is 0 Å². The molecule has 1 aliphatic rings. The lowest BCUT2D eigenvalue weighted by molar-refractivity contribution is 0.318. The summed E-state index contributed by atoms with van der Waals surface area (Å²) in [5, 5.41) is 3.66. The van der Waals surface area contributed by atoms with E-state index < -0.39 is 0 Å². The smallest absolute Gasteiger partial charge is 0.130 e. The van der Waals surface area contributed by atoms with E-state index in [2.05, 4.69) is 40.5 Å². The maximum Gasteiger partial charge on any atom is 0.130 e. The summed E-state index contributed by atoms with van der Waals surface area (Å²) in [6.07, 6.45) is 1.15. The minimum atomic E-state index is 0.468. The van der Waals surface area contributed by atoms with Crippen LogP contribution in [0.15, 0.2) is 42.5 Å². The fourth-order valence-electron chi connectivity index (χ4n) is 3.48. The quantitative estimate of drug-likeness (QED) is 0.787. The van der Waals surface area contributed by atoms with Crippen molar-refractivity contribution in [1.29, 1.82) is 0 Å². The second-order valence-corrected chi connectivity index (χ2v) is 6.60. The summed E-state index contributed by atoms with van der Waals surface area (Å²) in [4.78, 5) is 2.50. The first-order valence-corrected chi connectivity index (χ1v) is 9.02. The summed E-state index contributed by atoms with van der Waals surface area (Å²) in [6.45, 7) is 3.88. The Balaban J connectivity index is 1.59. The summed E-state index contributed by atoms with van der Waals surface area (Å²) in [5.41, 5.74) is 2.39. The first-order chi connectivity index (χ1) is 12.7. The minimum absolute atomic E-state index is 0.468. The molecule has 140 valence electrons. The van der Waals surface area contributed by atoms with Gasteiger partial charge in [-0.3, -0.25) is 4.90 Å². The van der Waals surface area contributed by atoms with Gasteiger partial charge in [-0.05, 0) is 12.0 Å². The average Bonchev–Trinajstić information content (AvgIpc) is 3.13. The van der Waals surface area contributed by atoms with E-state index in [9.17, 15) is 0 Å². The maximum absolute atomic E-state index is 5.54. The number of rotatable bonds is 8. The zero-order valence-corrected chi connectivity index (χ0v) is 15.8. The Labute approximate surface area is 155 Å². The molecule has 1 fully saturated rings. The third-order valence-electron chi connectivity index (χ3n) is 4.91. The van der Waals surface area contributed by atoms with Crippen LogP contribution in [-0.4, -0.2) is 45.4 Å². The van der Waals surface area contributed by atoms with Gasteiger partial charge in [0.2, 0.25) is 0 Å². The summed E-state index contributed by atoms with van der Waals surface area (Å²) < 4.78 is 16.4. The third kappa shape index (κ3) is 4.48. The van der Waals surface area contributed by atoms with Crippen LogP contribution in [0.25, 0.3) is 0 Å². The Kier molecular flexibility index (Phi) is 6.36. The van der Waals surface area contributed by atoms with Crippen LogP contribution in [0.1, 0.15) is 17.5 Å². The lowest BCUT2D eigenvalue weighted by Crippen LogP contribution is -2.32. The first-order valence-electron chi connectivity index (χ1n) is 9.02. The highest BCUT2D eigenvalue weighted by Crippen LogP contribution is 2.34. The number of likely N-dealkylation sites (tertiary alicyclic amines) is 1. The average molecular weight is 356 g/mol. The second kappa shape index (κ2) is 8.92. The standard InChI is InChI=1S/C21H28N2O3/c1-24-18-11-20(25-2)19(21(12-18)26-3)13-22-17-9-10-23(15-17)14-16-7-5-4-6-8-16/h4-8,11-12,17,22H,9-10,13-15H2,1-3H3/t17-/m1/s1. The molecule has 0 unspecified atom stereocenters. The molecular weight excluding hydrogens is 328 g/mol. The Morgan fingerprint density at radius 1 is 1.00 bits per heavy atom. The molecule has 0 saturated carbocycles. The van der Waals surface area contributed by atoms with E-state index in [0.717, 1.165) is 48.9 Å². The largest absolute Gasteiger partial charge is 0.496 e. The lowest BCUT2D eigenvalue weighted by Gasteiger charge is -2.19. The fraction of sp³-hybridized carbons (Fsp3) is 0.429. The van der Waals surface area contributed by atoms with Gasteiger partial charge in [-0.2, -0.15) is 0 Å². The van der Waals surface area contributed by atoms with Crippen molar-refractivity contribution in [2.45, 2.75) is 25.6 Å². The van der Waals surface area contributed by atoms with Crippen LogP contribution in [0, 0.1) is 0 Å². The normalized spacial score (nSPS) is 17.3. The molecule has 2 aromatic carbocycles. The van der Waals surface area contributed by atoms with Gasteiger partial charge in [0, 0.05) is 44.4 Å². The molecule has 0 amide bonds. The molecule has 0 bridgehead atoms. The molecule has 1 saturated heterocycles. The van der Waals surface area contributed by atoms with Gasteiger partial charge in [0.05, 0.1) is 26.9 Å². The number of hydrogen-bond donors (Lipinski definition) is 1. The van der Waals surface area contributed by atoms with E-state index in [0.29, 0.717) is 12.6 Å². The fourth-order valence-corrected chi connectivity index (χ4v) is 3.48. The minimum Gasteiger partial charge on any atom is -0.496 e. The summed E-state index contributed by atoms with van der Waals surface area (Å²) in [5.74, 6) is 2.30. The van der Waals surface area contributed by atoms with Crippen LogP contribution >= 0.6 is 0 Å². The zero-order valence-electron chi connectivity index (χ0n) is 15.8. The van der Waals surface area contributed by atoms with Crippen LogP contribution < -0.4 is 19.5 Å². The van der Waals surface area contributed by atoms with E-state index in [-0.39, 0.29) is 0 Å². The van der Waals surface area contributed by atoms with E-state index in [1.807, 2.05) is 12.1 Å². The van der Waals surface area contributed by atoms with Crippen LogP contribution in [0.2, 0.25) is 0 Å². The number of hydrogen-bond acceptors (Lipinski definition) is 5. The predicted molar refractivity (Wildman–Crippen MR) is 103 cm³/mol. The molecule has 0 aromatic heterocycles. The highest BCUT2D eigenvalue weighted by molar-refractivity contribution is 5.50. The highest BCUT2D eigenvalue weighted by Gasteiger charge is 2.23. The Morgan fingerprint density at radius 2 is 1.69 bits per heavy atom. The molecule has 3 rings (SSSR count). The van der Waals surface area contributed by atoms with Crippen molar-refractivity contribution < 1.29 is 14.2 Å². The van der Waals surface area contributed by atoms with Crippen LogP contribution in [0.3, 0.4) is 0 Å². The predicted octanol–water partition coefficient (Wildman–Crippen LogP) is 3.08. The molecule has 0 radical (unpaired) electrons. The van der Waals surface area contributed by atoms with Crippen molar-refractivity contribution in [1.82, 2.24) is 10.2 Å². The molecule has 0 aliphatic carbocycles. The van der Waals surface area contributed by atoms with Crippen molar-refractivity contribution in [3.05, 3.63) is 53.6 Å². The molecular formula is C21H28N2O3. The molecule has 5 nitrogen and oxygen atoms in total. The van der Waals surface area contributed by atoms with E-state index in [1.165, 1.54) is 5.56 Å². The van der Waals surface area contributed by atoms with Crippen molar-refractivity contribution >= 4 is 0 Å². The monoisotopic (exact) mass is 356 g/mol. The molecule has 1 N–H and O–H groups in total. The van der Waals surface area contributed by atoms with Gasteiger partial charge in [0.15, 0.2) is 0 Å². The number of methoxy groups -OCH3 is 3. The van der Waals surface area contributed by atoms with Gasteiger partial charge in [-0.1, -0.05) is 30.3 Å². The number of ether oxygens (including phenoxy) is 3. The number of nitrogens with zero attached hydrogens (tertiary/aromatic N) is 1. The topological polar surface area (TPSA) is 43.0 Å². The third-order valence-corrected chi connectivity index (χ3v) is 4.91. The van der Waals surface area contributed by atoms with Crippen LogP contribution in [-0.2, 0) is 13.1 Å². The van der Waals surface area contributed by atoms with Gasteiger partial charge in [-0.25, -0.2) is 0 Å². The Hall–Kier alpha value is -2.24. The summed E-state index contributed by atoms with van der Waals surface area (Å²) in [6, 6.07) is 14.9. The number of benzene rings is 2. The van der Waals surface area contributed by atoms with Gasteiger partial charge in [0.1, 0.15) is 17.2 Å². The molecule has 2 aromatic rings. The Morgan fingerprint density at radius 3 is 2.31 bits per heavy atom. The van der Waals surface area contributed by atoms with Gasteiger partial charge >= 0.3 is 0 Å². The Bertz CT molecular complexity index is 681. The zero-order chi connectivity index (χ0) is 18.4. The van der Waals surface area contributed by atoms with Crippen molar-refractivity contribution in [3.8, 4) is 17.2 Å². The molecule has 5 heteroatoms. The van der Waals surface area contributed by atoms with E-state index >= 15 is 0 Å². The summed E-state index contributed by atoms with van der Waals surface area (Å²) in [7, 11) is 5.00. The van der Waals surface area contributed by atoms with Crippen molar-refractivity contribution in [2.24, 2.45) is 0 Å². The van der Waals surface area contributed by atoms with E-state index in [1.54, 1.807) is 21.3 Å². The first kappa shape index (κ1) is 18.5. The van der Waals surface area contributed by atoms with Gasteiger partial charge in [0.25, 0.3) is 0 Å². The van der Waals surface area contributed by atoms with Gasteiger partial charge in [-0.15, -0.1) is 0 Å². The highest BCUT2D eigenvalue weighted by atomic mass is 16.5. The summed E-state index contributed by atoms with van der Waals surface area (Å²) >= 11 is 0. The molecule has 1 aliphatic heterocycles. The molecule has 1 heterocycles. The van der Waals surface area contributed by atoms with E-state index in [4.69, 9.17) is 14.2 Å². The van der Waals surface area contributed by atoms with Crippen molar-refractivity contribution in [2.75, 3.05) is 34.4 Å². The SMILES string of the molecule is COc1cc(OC)c(CN[C@@H]2CCN(Cc3ccccc3)C2)c(OC)c1. The lowest BCUT2D eigenvalue weighted by atomic mass is 10.1. The molecule has 26 heavy (non-hydrogen) atoms.